The molecule has 0 aromatic rings. The fourth-order valence-electron chi connectivity index (χ4n) is 2.47. The summed E-state index contributed by atoms with van der Waals surface area (Å²) in [6, 6.07) is 2.18. The van der Waals surface area contributed by atoms with Crippen LogP contribution in [0.25, 0.3) is 0 Å². The second-order valence-electron chi connectivity index (χ2n) is 4.70. The number of rotatable bonds is 3. The lowest BCUT2D eigenvalue weighted by Gasteiger charge is -2.34. The van der Waals surface area contributed by atoms with Crippen LogP contribution in [0, 0.1) is 23.2 Å². The van der Waals surface area contributed by atoms with E-state index in [2.05, 4.69) is 19.2 Å². The van der Waals surface area contributed by atoms with Crippen LogP contribution in [0.5, 0.6) is 0 Å². The second kappa shape index (κ2) is 5.75. The van der Waals surface area contributed by atoms with E-state index in [0.29, 0.717) is 17.9 Å². The average molecular weight is 208 g/mol. The summed E-state index contributed by atoms with van der Waals surface area (Å²) in [5.41, 5.74) is 0. The van der Waals surface area contributed by atoms with Crippen molar-refractivity contribution in [2.75, 3.05) is 0 Å². The number of nitrogens with one attached hydrogen (secondary N) is 1. The van der Waals surface area contributed by atoms with Crippen LogP contribution in [0.15, 0.2) is 0 Å². The number of nitriles is 1. The zero-order valence-corrected chi connectivity index (χ0v) is 9.62. The van der Waals surface area contributed by atoms with Crippen molar-refractivity contribution in [1.29, 1.82) is 5.26 Å². The average Bonchev–Trinajstić information content (AvgIpc) is 2.18. The van der Waals surface area contributed by atoms with E-state index in [1.165, 1.54) is 19.3 Å². The zero-order valence-electron chi connectivity index (χ0n) is 9.62. The third-order valence-corrected chi connectivity index (χ3v) is 3.26. The van der Waals surface area contributed by atoms with Gasteiger partial charge >= 0.3 is 0 Å². The summed E-state index contributed by atoms with van der Waals surface area (Å²) in [6.45, 7) is 4.42. The summed E-state index contributed by atoms with van der Waals surface area (Å²) in [5, 5.41) is 11.4. The minimum Gasteiger partial charge on any atom is -0.352 e. The molecule has 0 saturated heterocycles. The van der Waals surface area contributed by atoms with Gasteiger partial charge in [0.05, 0.1) is 6.07 Å². The van der Waals surface area contributed by atoms with Crippen LogP contribution in [0.4, 0.5) is 0 Å². The van der Waals surface area contributed by atoms with Gasteiger partial charge in [0.2, 0.25) is 5.91 Å². The molecule has 2 atom stereocenters. The number of carbonyl (C=O) groups excluding carboxylic acids is 1. The van der Waals surface area contributed by atoms with Crippen molar-refractivity contribution in [1.82, 2.24) is 5.32 Å². The van der Waals surface area contributed by atoms with Crippen LogP contribution in [0.1, 0.15) is 46.0 Å². The van der Waals surface area contributed by atoms with E-state index in [-0.39, 0.29) is 12.3 Å². The van der Waals surface area contributed by atoms with Crippen LogP contribution in [0.2, 0.25) is 0 Å². The van der Waals surface area contributed by atoms with Gasteiger partial charge in [-0.3, -0.25) is 4.79 Å². The SMILES string of the molecule is CC(C)C1CCCCC1NC(=O)CC#N. The predicted molar refractivity (Wildman–Crippen MR) is 59.0 cm³/mol. The Kier molecular flexibility index (Phi) is 4.61. The van der Waals surface area contributed by atoms with Gasteiger partial charge in [-0.25, -0.2) is 0 Å². The molecule has 0 radical (unpaired) electrons. The Morgan fingerprint density at radius 3 is 2.73 bits per heavy atom. The lowest BCUT2D eigenvalue weighted by molar-refractivity contribution is -0.121. The van der Waals surface area contributed by atoms with E-state index >= 15 is 0 Å². The van der Waals surface area contributed by atoms with Crippen LogP contribution in [-0.2, 0) is 4.79 Å². The Labute approximate surface area is 91.9 Å². The molecule has 1 rings (SSSR count). The molecule has 1 saturated carbocycles. The molecule has 1 N–H and O–H groups in total. The standard InChI is InChI=1S/C12H20N2O/c1-9(2)10-5-3-4-6-11(10)14-12(15)7-8-13/h9-11H,3-7H2,1-2H3,(H,14,15). The number of amides is 1. The molecule has 0 spiro atoms. The van der Waals surface area contributed by atoms with Crippen LogP contribution in [-0.4, -0.2) is 11.9 Å². The molecule has 1 aliphatic rings. The van der Waals surface area contributed by atoms with E-state index in [0.717, 1.165) is 6.42 Å². The Morgan fingerprint density at radius 1 is 1.47 bits per heavy atom. The molecule has 84 valence electrons. The monoisotopic (exact) mass is 208 g/mol. The summed E-state index contributed by atoms with van der Waals surface area (Å²) in [5.74, 6) is 1.08. The van der Waals surface area contributed by atoms with Crippen molar-refractivity contribution >= 4 is 5.91 Å². The largest absolute Gasteiger partial charge is 0.352 e. The molecule has 0 bridgehead atoms. The van der Waals surface area contributed by atoms with Gasteiger partial charge in [-0.1, -0.05) is 26.7 Å². The maximum atomic E-state index is 11.3. The summed E-state index contributed by atoms with van der Waals surface area (Å²) in [6.07, 6.45) is 4.73. The van der Waals surface area contributed by atoms with E-state index in [1.807, 2.05) is 6.07 Å². The minimum absolute atomic E-state index is 0.0126. The molecule has 2 unspecified atom stereocenters. The van der Waals surface area contributed by atoms with Gasteiger partial charge in [-0.05, 0) is 24.7 Å². The molecule has 0 aliphatic heterocycles. The fourth-order valence-corrected chi connectivity index (χ4v) is 2.47. The normalized spacial score (nSPS) is 26.0. The van der Waals surface area contributed by atoms with Gasteiger partial charge in [0.1, 0.15) is 6.42 Å². The summed E-state index contributed by atoms with van der Waals surface area (Å²) in [7, 11) is 0. The Hall–Kier alpha value is -1.04. The smallest absolute Gasteiger partial charge is 0.234 e. The van der Waals surface area contributed by atoms with Gasteiger partial charge < -0.3 is 5.32 Å². The molecular formula is C12H20N2O. The highest BCUT2D eigenvalue weighted by Crippen LogP contribution is 2.30. The first kappa shape index (κ1) is 12.0. The lowest BCUT2D eigenvalue weighted by Crippen LogP contribution is -2.43. The molecule has 1 amide bonds. The van der Waals surface area contributed by atoms with Crippen molar-refractivity contribution in [2.45, 2.75) is 52.0 Å². The first-order chi connectivity index (χ1) is 7.15. The number of nitrogens with zero attached hydrogens (tertiary/aromatic N) is 1. The Morgan fingerprint density at radius 2 is 2.13 bits per heavy atom. The molecule has 15 heavy (non-hydrogen) atoms. The van der Waals surface area contributed by atoms with Gasteiger partial charge in [-0.2, -0.15) is 5.26 Å². The highest BCUT2D eigenvalue weighted by Gasteiger charge is 2.28. The predicted octanol–water partition coefficient (Wildman–Crippen LogP) is 2.23. The maximum Gasteiger partial charge on any atom is 0.234 e. The van der Waals surface area contributed by atoms with Crippen molar-refractivity contribution in [2.24, 2.45) is 11.8 Å². The molecule has 1 fully saturated rings. The second-order valence-corrected chi connectivity index (χ2v) is 4.70. The van der Waals surface area contributed by atoms with Crippen molar-refractivity contribution in [3.05, 3.63) is 0 Å². The number of carbonyl (C=O) groups is 1. The van der Waals surface area contributed by atoms with E-state index < -0.39 is 0 Å². The van der Waals surface area contributed by atoms with E-state index in [1.54, 1.807) is 0 Å². The molecule has 0 aromatic heterocycles. The molecule has 3 heteroatoms. The molecule has 1 aliphatic carbocycles. The third kappa shape index (κ3) is 3.54. The maximum absolute atomic E-state index is 11.3. The van der Waals surface area contributed by atoms with Gasteiger partial charge in [0, 0.05) is 6.04 Å². The lowest BCUT2D eigenvalue weighted by atomic mass is 9.78. The fraction of sp³-hybridized carbons (Fsp3) is 0.833. The Bertz CT molecular complexity index is 255. The van der Waals surface area contributed by atoms with E-state index in [9.17, 15) is 4.79 Å². The number of hydrogen-bond acceptors (Lipinski definition) is 2. The highest BCUT2D eigenvalue weighted by molar-refractivity contribution is 5.78. The third-order valence-electron chi connectivity index (χ3n) is 3.26. The van der Waals surface area contributed by atoms with Gasteiger partial charge in [0.15, 0.2) is 0 Å². The molecular weight excluding hydrogens is 188 g/mol. The van der Waals surface area contributed by atoms with Gasteiger partial charge in [0.25, 0.3) is 0 Å². The first-order valence-electron chi connectivity index (χ1n) is 5.81. The first-order valence-corrected chi connectivity index (χ1v) is 5.81. The molecule has 0 aromatic carbocycles. The van der Waals surface area contributed by atoms with Crippen LogP contribution >= 0.6 is 0 Å². The number of hydrogen-bond donors (Lipinski definition) is 1. The van der Waals surface area contributed by atoms with Crippen molar-refractivity contribution in [3.8, 4) is 6.07 Å². The quantitative estimate of drug-likeness (QED) is 0.773. The highest BCUT2D eigenvalue weighted by atomic mass is 16.1. The molecule has 0 heterocycles. The minimum atomic E-state index is -0.116. The summed E-state index contributed by atoms with van der Waals surface area (Å²) < 4.78 is 0. The summed E-state index contributed by atoms with van der Waals surface area (Å²) >= 11 is 0. The van der Waals surface area contributed by atoms with Crippen molar-refractivity contribution in [3.63, 3.8) is 0 Å². The van der Waals surface area contributed by atoms with Gasteiger partial charge in [-0.15, -0.1) is 0 Å². The van der Waals surface area contributed by atoms with Crippen LogP contribution < -0.4 is 5.32 Å². The van der Waals surface area contributed by atoms with Crippen LogP contribution in [0.3, 0.4) is 0 Å². The van der Waals surface area contributed by atoms with E-state index in [4.69, 9.17) is 5.26 Å². The summed E-state index contributed by atoms with van der Waals surface area (Å²) in [4.78, 5) is 11.3. The zero-order chi connectivity index (χ0) is 11.3. The topological polar surface area (TPSA) is 52.9 Å². The van der Waals surface area contributed by atoms with Crippen molar-refractivity contribution < 1.29 is 4.79 Å². The molecule has 3 nitrogen and oxygen atoms in total. The Balaban J connectivity index is 2.50.